The lowest BCUT2D eigenvalue weighted by Gasteiger charge is -2.33. The summed E-state index contributed by atoms with van der Waals surface area (Å²) in [5, 5.41) is 2.84. The zero-order valence-corrected chi connectivity index (χ0v) is 15.8. The van der Waals surface area contributed by atoms with E-state index in [9.17, 15) is 18.8 Å². The number of hydrogen-bond donors (Lipinski definition) is 1. The van der Waals surface area contributed by atoms with Crippen LogP contribution in [0.15, 0.2) is 24.3 Å². The highest BCUT2D eigenvalue weighted by molar-refractivity contribution is 6.06. The quantitative estimate of drug-likeness (QED) is 0.813. The van der Waals surface area contributed by atoms with Crippen LogP contribution in [0.3, 0.4) is 0 Å². The van der Waals surface area contributed by atoms with Crippen molar-refractivity contribution in [2.24, 2.45) is 29.6 Å². The van der Waals surface area contributed by atoms with Gasteiger partial charge in [-0.1, -0.05) is 0 Å². The van der Waals surface area contributed by atoms with Gasteiger partial charge < -0.3 is 5.32 Å². The Kier molecular flexibility index (Phi) is 4.25. The van der Waals surface area contributed by atoms with E-state index in [1.165, 1.54) is 12.1 Å². The zero-order chi connectivity index (χ0) is 19.4. The summed E-state index contributed by atoms with van der Waals surface area (Å²) in [7, 11) is 0. The molecule has 1 N–H and O–H groups in total. The van der Waals surface area contributed by atoms with E-state index in [0.29, 0.717) is 43.2 Å². The van der Waals surface area contributed by atoms with Crippen molar-refractivity contribution in [3.05, 3.63) is 30.1 Å². The number of likely N-dealkylation sites (tertiary alicyclic amines) is 1. The Morgan fingerprint density at radius 3 is 2.04 bits per heavy atom. The molecule has 5 rings (SSSR count). The second kappa shape index (κ2) is 6.68. The van der Waals surface area contributed by atoms with E-state index in [0.717, 1.165) is 19.3 Å². The first-order chi connectivity index (χ1) is 13.5. The Labute approximate surface area is 163 Å². The van der Waals surface area contributed by atoms with Gasteiger partial charge in [-0.15, -0.1) is 0 Å². The van der Waals surface area contributed by atoms with Crippen molar-refractivity contribution in [2.75, 3.05) is 5.32 Å². The molecule has 4 atom stereocenters. The van der Waals surface area contributed by atoms with Crippen molar-refractivity contribution in [2.45, 2.75) is 51.0 Å². The second-order valence-corrected chi connectivity index (χ2v) is 8.93. The Morgan fingerprint density at radius 1 is 0.893 bits per heavy atom. The second-order valence-electron chi connectivity index (χ2n) is 8.93. The van der Waals surface area contributed by atoms with E-state index in [2.05, 4.69) is 5.32 Å². The highest BCUT2D eigenvalue weighted by Gasteiger charge is 2.61. The van der Waals surface area contributed by atoms with E-state index in [4.69, 9.17) is 0 Å². The van der Waals surface area contributed by atoms with Gasteiger partial charge in [0.25, 0.3) is 0 Å². The highest BCUT2D eigenvalue weighted by Crippen LogP contribution is 2.56. The molecule has 0 spiro atoms. The monoisotopic (exact) mass is 384 g/mol. The molecule has 3 saturated carbocycles. The van der Waals surface area contributed by atoms with Crippen molar-refractivity contribution >= 4 is 23.4 Å². The van der Waals surface area contributed by atoms with Crippen LogP contribution in [0.1, 0.15) is 44.9 Å². The molecule has 1 aromatic carbocycles. The number of imide groups is 1. The standard InChI is InChI=1S/C22H25FN2O3/c23-15-5-7-16(8-6-15)24-20(26)12-3-9-17(10-4-12)25-21(27)18-13-1-2-14(11-13)19(18)22(25)28/h5-8,12-14,17-19H,1-4,9-11H2,(H,24,26)/t12?,13-,14-,17?,18-,19+/m1/s1. The van der Waals surface area contributed by atoms with Crippen LogP contribution in [0, 0.1) is 35.4 Å². The number of hydrogen-bond acceptors (Lipinski definition) is 3. The molecule has 1 aromatic rings. The molecular formula is C22H25FN2O3. The highest BCUT2D eigenvalue weighted by atomic mass is 19.1. The van der Waals surface area contributed by atoms with E-state index < -0.39 is 0 Å². The third kappa shape index (κ3) is 2.76. The summed E-state index contributed by atoms with van der Waals surface area (Å²) in [4.78, 5) is 40.0. The third-order valence-electron chi connectivity index (χ3n) is 7.51. The molecule has 2 bridgehead atoms. The summed E-state index contributed by atoms with van der Waals surface area (Å²) < 4.78 is 13.0. The smallest absolute Gasteiger partial charge is 0.233 e. The van der Waals surface area contributed by atoms with Gasteiger partial charge in [-0.3, -0.25) is 19.3 Å². The van der Waals surface area contributed by atoms with E-state index in [1.807, 2.05) is 0 Å². The predicted molar refractivity (Wildman–Crippen MR) is 100 cm³/mol. The van der Waals surface area contributed by atoms with Gasteiger partial charge >= 0.3 is 0 Å². The molecule has 4 aliphatic rings. The lowest BCUT2D eigenvalue weighted by Crippen LogP contribution is -2.44. The molecule has 5 nitrogen and oxygen atoms in total. The number of nitrogens with zero attached hydrogens (tertiary/aromatic N) is 1. The topological polar surface area (TPSA) is 66.5 Å². The van der Waals surface area contributed by atoms with Gasteiger partial charge in [0.2, 0.25) is 17.7 Å². The summed E-state index contributed by atoms with van der Waals surface area (Å²) in [6, 6.07) is 5.68. The number of amides is 3. The predicted octanol–water partition coefficient (Wildman–Crippen LogP) is 3.35. The van der Waals surface area contributed by atoms with Crippen LogP contribution in [0.2, 0.25) is 0 Å². The lowest BCUT2D eigenvalue weighted by molar-refractivity contribution is -0.144. The van der Waals surface area contributed by atoms with Crippen LogP contribution in [-0.2, 0) is 14.4 Å². The average molecular weight is 384 g/mol. The first-order valence-electron chi connectivity index (χ1n) is 10.5. The fraction of sp³-hybridized carbons (Fsp3) is 0.591. The molecule has 1 saturated heterocycles. The van der Waals surface area contributed by atoms with E-state index >= 15 is 0 Å². The summed E-state index contributed by atoms with van der Waals surface area (Å²) >= 11 is 0. The maximum Gasteiger partial charge on any atom is 0.233 e. The molecule has 28 heavy (non-hydrogen) atoms. The van der Waals surface area contributed by atoms with Gasteiger partial charge in [0, 0.05) is 17.6 Å². The van der Waals surface area contributed by atoms with Gasteiger partial charge in [-0.2, -0.15) is 0 Å². The Morgan fingerprint density at radius 2 is 1.46 bits per heavy atom. The number of fused-ring (bicyclic) bond motifs is 5. The van der Waals surface area contributed by atoms with E-state index in [-0.39, 0.29) is 47.3 Å². The molecule has 6 heteroatoms. The molecule has 4 fully saturated rings. The Balaban J connectivity index is 1.20. The molecule has 148 valence electrons. The number of anilines is 1. The molecular weight excluding hydrogens is 359 g/mol. The van der Waals surface area contributed by atoms with Crippen molar-refractivity contribution < 1.29 is 18.8 Å². The molecule has 0 unspecified atom stereocenters. The fourth-order valence-electron chi connectivity index (χ4n) is 6.17. The van der Waals surface area contributed by atoms with Gasteiger partial charge in [0.1, 0.15) is 5.82 Å². The average Bonchev–Trinajstić information content (AvgIpc) is 3.38. The minimum absolute atomic E-state index is 0.0557. The number of rotatable bonds is 3. The fourth-order valence-corrected chi connectivity index (χ4v) is 6.17. The zero-order valence-electron chi connectivity index (χ0n) is 15.8. The van der Waals surface area contributed by atoms with E-state index in [1.54, 1.807) is 17.0 Å². The molecule has 1 aliphatic heterocycles. The summed E-state index contributed by atoms with van der Waals surface area (Å²) in [6.45, 7) is 0. The molecule has 3 aliphatic carbocycles. The number of carbonyl (C=O) groups excluding carboxylic acids is 3. The maximum absolute atomic E-state index is 13.0. The van der Waals surface area contributed by atoms with Crippen LogP contribution in [0.25, 0.3) is 0 Å². The molecule has 0 radical (unpaired) electrons. The lowest BCUT2D eigenvalue weighted by atomic mass is 9.81. The SMILES string of the molecule is O=C(Nc1ccc(F)cc1)C1CCC(N2C(=O)[C@@H]3[C@@H]4CC[C@H](C4)[C@@H]3C2=O)CC1. The summed E-state index contributed by atoms with van der Waals surface area (Å²) in [6.07, 6.45) is 5.94. The van der Waals surface area contributed by atoms with Gasteiger partial charge in [0.05, 0.1) is 11.8 Å². The van der Waals surface area contributed by atoms with Crippen molar-refractivity contribution in [3.63, 3.8) is 0 Å². The van der Waals surface area contributed by atoms with Crippen LogP contribution in [0.4, 0.5) is 10.1 Å². The molecule has 1 heterocycles. The largest absolute Gasteiger partial charge is 0.326 e. The number of nitrogens with one attached hydrogen (secondary N) is 1. The Bertz CT molecular complexity index is 788. The first kappa shape index (κ1) is 17.8. The van der Waals surface area contributed by atoms with Crippen LogP contribution >= 0.6 is 0 Å². The van der Waals surface area contributed by atoms with Gasteiger partial charge in [0.15, 0.2) is 0 Å². The molecule has 0 aromatic heterocycles. The third-order valence-corrected chi connectivity index (χ3v) is 7.51. The molecule has 3 amide bonds. The minimum atomic E-state index is -0.336. The minimum Gasteiger partial charge on any atom is -0.326 e. The summed E-state index contributed by atoms with van der Waals surface area (Å²) in [5.74, 6) is 0.267. The van der Waals surface area contributed by atoms with Gasteiger partial charge in [-0.05, 0) is 81.0 Å². The van der Waals surface area contributed by atoms with Crippen LogP contribution < -0.4 is 5.32 Å². The van der Waals surface area contributed by atoms with Crippen molar-refractivity contribution in [1.29, 1.82) is 0 Å². The van der Waals surface area contributed by atoms with Crippen LogP contribution in [0.5, 0.6) is 0 Å². The summed E-state index contributed by atoms with van der Waals surface area (Å²) in [5.41, 5.74) is 0.585. The number of halogens is 1. The van der Waals surface area contributed by atoms with Crippen LogP contribution in [-0.4, -0.2) is 28.7 Å². The number of carbonyl (C=O) groups is 3. The van der Waals surface area contributed by atoms with Gasteiger partial charge in [-0.25, -0.2) is 4.39 Å². The first-order valence-corrected chi connectivity index (χ1v) is 10.5. The van der Waals surface area contributed by atoms with Crippen molar-refractivity contribution in [1.82, 2.24) is 4.90 Å². The number of benzene rings is 1. The van der Waals surface area contributed by atoms with Crippen molar-refractivity contribution in [3.8, 4) is 0 Å². The maximum atomic E-state index is 13.0. The Hall–Kier alpha value is -2.24. The normalized spacial score (nSPS) is 36.7.